The Kier molecular flexibility index (Phi) is 8.84. The minimum absolute atomic E-state index is 0.0675. The summed E-state index contributed by atoms with van der Waals surface area (Å²) < 4.78 is 22.0. The number of hydrogen-bond acceptors (Lipinski definition) is 6. The molecule has 0 N–H and O–H groups in total. The number of hydrogen-bond donors (Lipinski definition) is 0. The Morgan fingerprint density at radius 2 is 0.838 bits per heavy atom. The molecule has 0 amide bonds. The third kappa shape index (κ3) is 6.90. The number of ether oxygens (including phenoxy) is 2. The topological polar surface area (TPSA) is 71.1 Å². The first-order chi connectivity index (χ1) is 17.8. The van der Waals surface area contributed by atoms with E-state index in [-0.39, 0.29) is 50.4 Å². The van der Waals surface area contributed by atoms with E-state index < -0.39 is 11.9 Å². The van der Waals surface area contributed by atoms with Gasteiger partial charge >= 0.3 is 19.6 Å². The highest BCUT2D eigenvalue weighted by atomic mass is 35.5. The minimum atomic E-state index is -0.701. The summed E-state index contributed by atoms with van der Waals surface area (Å²) in [6.07, 6.45) is 0. The third-order valence-corrected chi connectivity index (χ3v) is 6.08. The van der Waals surface area contributed by atoms with Gasteiger partial charge in [-0.3, -0.25) is 0 Å². The predicted octanol–water partition coefficient (Wildman–Crippen LogP) is 7.46. The van der Waals surface area contributed by atoms with Crippen molar-refractivity contribution in [3.05, 3.63) is 116 Å². The van der Waals surface area contributed by atoms with Crippen molar-refractivity contribution >= 4 is 66.0 Å². The van der Waals surface area contributed by atoms with E-state index in [2.05, 4.69) is 0 Å². The van der Waals surface area contributed by atoms with Crippen LogP contribution in [-0.4, -0.2) is 19.6 Å². The summed E-state index contributed by atoms with van der Waals surface area (Å²) in [5.41, 5.74) is 0.135. The number of carbonyl (C=O) groups excluding carboxylic acids is 2. The van der Waals surface area contributed by atoms with Crippen LogP contribution in [-0.2, 0) is 0 Å². The lowest BCUT2D eigenvalue weighted by atomic mass is 10.2. The molecule has 186 valence electrons. The second-order valence-corrected chi connectivity index (χ2v) is 8.96. The molecule has 37 heavy (non-hydrogen) atoms. The van der Waals surface area contributed by atoms with Gasteiger partial charge in [0.1, 0.15) is 23.0 Å². The highest BCUT2D eigenvalue weighted by Crippen LogP contribution is 2.29. The van der Waals surface area contributed by atoms with E-state index in [9.17, 15) is 9.59 Å². The lowest BCUT2D eigenvalue weighted by molar-refractivity contribution is 0.0725. The highest BCUT2D eigenvalue weighted by molar-refractivity contribution is 6.40. The molecule has 0 saturated heterocycles. The molecule has 0 aliphatic carbocycles. The van der Waals surface area contributed by atoms with E-state index in [4.69, 9.17) is 65.2 Å². The molecule has 0 radical (unpaired) electrons. The van der Waals surface area contributed by atoms with Gasteiger partial charge in [0.15, 0.2) is 0 Å². The quantitative estimate of drug-likeness (QED) is 0.123. The smallest absolute Gasteiger partial charge is 0.528 e. The summed E-state index contributed by atoms with van der Waals surface area (Å²) in [6.45, 7) is 0. The lowest BCUT2D eigenvalue weighted by Crippen LogP contribution is -2.13. The normalized spacial score (nSPS) is 10.4. The fourth-order valence-corrected chi connectivity index (χ4v) is 4.23. The van der Waals surface area contributed by atoms with E-state index in [0.29, 0.717) is 11.5 Å². The van der Waals surface area contributed by atoms with Crippen molar-refractivity contribution in [2.45, 2.75) is 0 Å². The van der Waals surface area contributed by atoms with Gasteiger partial charge in [-0.25, -0.2) is 9.59 Å². The maximum Gasteiger partial charge on any atom is 0.576 e. The van der Waals surface area contributed by atoms with Crippen LogP contribution in [0.25, 0.3) is 0 Å². The molecule has 4 rings (SSSR count). The first-order valence-corrected chi connectivity index (χ1v) is 12.1. The average molecular weight is 576 g/mol. The first-order valence-electron chi connectivity index (χ1n) is 10.6. The van der Waals surface area contributed by atoms with E-state index in [1.54, 1.807) is 72.8 Å². The van der Waals surface area contributed by atoms with Gasteiger partial charge in [-0.05, 0) is 48.5 Å². The fourth-order valence-electron chi connectivity index (χ4n) is 3.12. The molecular formula is C26H15BCl4O6. The van der Waals surface area contributed by atoms with Gasteiger partial charge in [-0.2, -0.15) is 0 Å². The SMILES string of the molecule is O=C(Oc1cccc(OBOc2cccc(OC(=O)c3c(Cl)cccc3Cl)c2)c1)c1c(Cl)cccc1Cl. The Morgan fingerprint density at radius 1 is 0.514 bits per heavy atom. The van der Waals surface area contributed by atoms with E-state index in [0.717, 1.165) is 0 Å². The maximum atomic E-state index is 12.5. The van der Waals surface area contributed by atoms with Gasteiger partial charge < -0.3 is 18.8 Å². The molecule has 0 atom stereocenters. The highest BCUT2D eigenvalue weighted by Gasteiger charge is 2.18. The Balaban J connectivity index is 1.35. The van der Waals surface area contributed by atoms with E-state index >= 15 is 0 Å². The summed E-state index contributed by atoms with van der Waals surface area (Å²) in [4.78, 5) is 25.0. The van der Waals surface area contributed by atoms with Crippen molar-refractivity contribution in [2.24, 2.45) is 0 Å². The predicted molar refractivity (Wildman–Crippen MR) is 144 cm³/mol. The largest absolute Gasteiger partial charge is 0.576 e. The Morgan fingerprint density at radius 3 is 1.22 bits per heavy atom. The molecule has 0 aliphatic rings. The van der Waals surface area contributed by atoms with Gasteiger partial charge in [0.25, 0.3) is 0 Å². The maximum absolute atomic E-state index is 12.5. The number of halogens is 4. The summed E-state index contributed by atoms with van der Waals surface area (Å²) >= 11 is 24.3. The number of esters is 2. The van der Waals surface area contributed by atoms with Crippen LogP contribution >= 0.6 is 46.4 Å². The van der Waals surface area contributed by atoms with Crippen molar-refractivity contribution in [1.29, 1.82) is 0 Å². The van der Waals surface area contributed by atoms with Crippen LogP contribution in [0.4, 0.5) is 0 Å². The Bertz CT molecular complexity index is 1310. The van der Waals surface area contributed by atoms with E-state index in [1.807, 2.05) is 0 Å². The van der Waals surface area contributed by atoms with Crippen molar-refractivity contribution in [2.75, 3.05) is 0 Å². The van der Waals surface area contributed by atoms with Crippen LogP contribution < -0.4 is 18.8 Å². The van der Waals surface area contributed by atoms with Gasteiger partial charge in [-0.1, -0.05) is 70.7 Å². The Labute approximate surface area is 232 Å². The summed E-state index contributed by atoms with van der Waals surface area (Å²) in [6, 6.07) is 22.2. The van der Waals surface area contributed by atoms with Gasteiger partial charge in [0.05, 0.1) is 31.2 Å². The number of carbonyl (C=O) groups is 2. The molecule has 0 heterocycles. The molecule has 11 heteroatoms. The van der Waals surface area contributed by atoms with Gasteiger partial charge in [0.2, 0.25) is 0 Å². The second kappa shape index (κ2) is 12.3. The van der Waals surface area contributed by atoms with Crippen molar-refractivity contribution in [3.8, 4) is 23.0 Å². The van der Waals surface area contributed by atoms with Gasteiger partial charge in [0, 0.05) is 12.1 Å². The summed E-state index contributed by atoms with van der Waals surface area (Å²) in [5, 5.41) is 0.727. The zero-order chi connectivity index (χ0) is 26.4. The fraction of sp³-hybridized carbons (Fsp3) is 0. The third-order valence-electron chi connectivity index (χ3n) is 4.82. The number of benzene rings is 4. The lowest BCUT2D eigenvalue weighted by Gasteiger charge is -2.11. The Hall–Kier alpha value is -3.36. The van der Waals surface area contributed by atoms with E-state index in [1.165, 1.54) is 12.1 Å². The van der Waals surface area contributed by atoms with Crippen LogP contribution in [0, 0.1) is 0 Å². The molecule has 0 aliphatic heterocycles. The van der Waals surface area contributed by atoms with Crippen molar-refractivity contribution in [1.82, 2.24) is 0 Å². The molecule has 0 fully saturated rings. The van der Waals surface area contributed by atoms with Crippen LogP contribution in [0.5, 0.6) is 23.0 Å². The van der Waals surface area contributed by atoms with Crippen molar-refractivity contribution < 1.29 is 28.4 Å². The minimum Gasteiger partial charge on any atom is -0.528 e. The number of rotatable bonds is 8. The molecule has 0 spiro atoms. The molecular weight excluding hydrogens is 561 g/mol. The summed E-state index contributed by atoms with van der Waals surface area (Å²) in [5.74, 6) is -0.184. The first kappa shape index (κ1) is 26.7. The average Bonchev–Trinajstić information content (AvgIpc) is 2.84. The molecule has 4 aromatic rings. The molecule has 4 aromatic carbocycles. The van der Waals surface area contributed by atoms with Crippen LogP contribution in [0.15, 0.2) is 84.9 Å². The second-order valence-electron chi connectivity index (χ2n) is 7.33. The zero-order valence-electron chi connectivity index (χ0n) is 18.8. The van der Waals surface area contributed by atoms with Crippen LogP contribution in [0.2, 0.25) is 20.1 Å². The monoisotopic (exact) mass is 574 g/mol. The molecule has 0 aromatic heterocycles. The van der Waals surface area contributed by atoms with Crippen LogP contribution in [0.1, 0.15) is 20.7 Å². The zero-order valence-corrected chi connectivity index (χ0v) is 21.8. The van der Waals surface area contributed by atoms with Crippen molar-refractivity contribution in [3.63, 3.8) is 0 Å². The molecule has 0 saturated carbocycles. The van der Waals surface area contributed by atoms with Gasteiger partial charge in [-0.15, -0.1) is 0 Å². The molecule has 0 unspecified atom stereocenters. The molecule has 0 bridgehead atoms. The summed E-state index contributed by atoms with van der Waals surface area (Å²) in [7, 11) is -0.179. The van der Waals surface area contributed by atoms with Crippen LogP contribution in [0.3, 0.4) is 0 Å². The molecule has 6 nitrogen and oxygen atoms in total. The standard InChI is InChI=1S/C26H15BCl4O6/c28-19-9-3-10-20(29)23(19)25(32)34-15-5-1-7-17(13-15)36-27-37-18-8-2-6-16(14-18)35-26(33)24-21(30)11-4-12-22(24)31/h1-14,27H.